The quantitative estimate of drug-likeness (QED) is 0.611. The Morgan fingerprint density at radius 3 is 2.88 bits per heavy atom. The zero-order valence-corrected chi connectivity index (χ0v) is 12.1. The van der Waals surface area contributed by atoms with Gasteiger partial charge in [-0.2, -0.15) is 0 Å². The zero-order valence-electron chi connectivity index (χ0n) is 10.5. The molecule has 0 atom stereocenters. The summed E-state index contributed by atoms with van der Waals surface area (Å²) in [5.74, 6) is 1.63. The number of thioether (sulfide) groups is 1. The van der Waals surface area contributed by atoms with Crippen LogP contribution in [0.2, 0.25) is 5.02 Å². The fraction of sp³-hybridized carbons (Fsp3) is 0.636. The normalized spacial score (nSPS) is 10.9. The maximum Gasteiger partial charge on any atom is 0.223 e. The SMILES string of the molecule is CCCNc1ncc(Cl)c(SCCN(C)C)n1. The van der Waals surface area contributed by atoms with Gasteiger partial charge in [-0.15, -0.1) is 11.8 Å². The van der Waals surface area contributed by atoms with Crippen LogP contribution in [0.3, 0.4) is 0 Å². The maximum atomic E-state index is 6.06. The second-order valence-electron chi connectivity index (χ2n) is 3.93. The van der Waals surface area contributed by atoms with Crippen LogP contribution in [0.15, 0.2) is 11.2 Å². The lowest BCUT2D eigenvalue weighted by Crippen LogP contribution is -2.15. The van der Waals surface area contributed by atoms with Gasteiger partial charge >= 0.3 is 0 Å². The number of anilines is 1. The van der Waals surface area contributed by atoms with Crippen LogP contribution in [-0.4, -0.2) is 47.8 Å². The fourth-order valence-corrected chi connectivity index (χ4v) is 2.35. The van der Waals surface area contributed by atoms with Crippen molar-refractivity contribution in [3.63, 3.8) is 0 Å². The van der Waals surface area contributed by atoms with Crippen molar-refractivity contribution in [2.45, 2.75) is 18.4 Å². The predicted molar refractivity (Wildman–Crippen MR) is 75.1 cm³/mol. The Labute approximate surface area is 112 Å². The van der Waals surface area contributed by atoms with Gasteiger partial charge in [-0.25, -0.2) is 9.97 Å². The minimum atomic E-state index is 0.621. The van der Waals surface area contributed by atoms with Crippen LogP contribution in [0.1, 0.15) is 13.3 Å². The first-order chi connectivity index (χ1) is 8.13. The third-order valence-corrected chi connectivity index (χ3v) is 3.38. The molecule has 0 aliphatic rings. The summed E-state index contributed by atoms with van der Waals surface area (Å²) in [5, 5.41) is 4.63. The number of nitrogens with zero attached hydrogens (tertiary/aromatic N) is 3. The molecule has 0 amide bonds. The molecule has 4 nitrogen and oxygen atoms in total. The molecule has 0 bridgehead atoms. The van der Waals surface area contributed by atoms with Gasteiger partial charge in [0.1, 0.15) is 5.03 Å². The highest BCUT2D eigenvalue weighted by atomic mass is 35.5. The zero-order chi connectivity index (χ0) is 12.7. The largest absolute Gasteiger partial charge is 0.354 e. The average Bonchev–Trinajstić information content (AvgIpc) is 2.29. The first kappa shape index (κ1) is 14.5. The van der Waals surface area contributed by atoms with Crippen molar-refractivity contribution in [3.05, 3.63) is 11.2 Å². The van der Waals surface area contributed by atoms with Crippen LogP contribution < -0.4 is 5.32 Å². The van der Waals surface area contributed by atoms with E-state index < -0.39 is 0 Å². The van der Waals surface area contributed by atoms with Crippen molar-refractivity contribution in [3.8, 4) is 0 Å². The molecule has 1 aromatic rings. The Bertz CT molecular complexity index is 346. The van der Waals surface area contributed by atoms with Crippen molar-refractivity contribution in [1.29, 1.82) is 0 Å². The molecule has 1 N–H and O–H groups in total. The number of aromatic nitrogens is 2. The van der Waals surface area contributed by atoms with Gasteiger partial charge in [0, 0.05) is 18.8 Å². The van der Waals surface area contributed by atoms with E-state index in [9.17, 15) is 0 Å². The minimum Gasteiger partial charge on any atom is -0.354 e. The summed E-state index contributed by atoms with van der Waals surface area (Å²) >= 11 is 7.72. The molecule has 0 spiro atoms. The average molecular weight is 275 g/mol. The van der Waals surface area contributed by atoms with Gasteiger partial charge in [0.15, 0.2) is 0 Å². The van der Waals surface area contributed by atoms with E-state index in [0.29, 0.717) is 11.0 Å². The summed E-state index contributed by atoms with van der Waals surface area (Å²) in [6, 6.07) is 0. The van der Waals surface area contributed by atoms with Gasteiger partial charge in [-0.1, -0.05) is 18.5 Å². The van der Waals surface area contributed by atoms with E-state index >= 15 is 0 Å². The number of rotatable bonds is 7. The molecule has 17 heavy (non-hydrogen) atoms. The Balaban J connectivity index is 2.56. The number of hydrogen-bond donors (Lipinski definition) is 1. The van der Waals surface area contributed by atoms with Gasteiger partial charge in [0.25, 0.3) is 0 Å². The van der Waals surface area contributed by atoms with Crippen molar-refractivity contribution in [2.24, 2.45) is 0 Å². The highest BCUT2D eigenvalue weighted by Crippen LogP contribution is 2.25. The van der Waals surface area contributed by atoms with Gasteiger partial charge in [0.05, 0.1) is 11.2 Å². The van der Waals surface area contributed by atoms with Crippen LogP contribution in [0.5, 0.6) is 0 Å². The molecule has 0 aromatic carbocycles. The topological polar surface area (TPSA) is 41.1 Å². The molecule has 0 aliphatic carbocycles. The monoisotopic (exact) mass is 274 g/mol. The number of nitrogens with one attached hydrogen (secondary N) is 1. The van der Waals surface area contributed by atoms with E-state index in [1.165, 1.54) is 0 Å². The van der Waals surface area contributed by atoms with E-state index in [4.69, 9.17) is 11.6 Å². The van der Waals surface area contributed by atoms with E-state index in [1.807, 2.05) is 0 Å². The highest BCUT2D eigenvalue weighted by molar-refractivity contribution is 7.99. The molecule has 1 aromatic heterocycles. The molecular weight excluding hydrogens is 256 g/mol. The first-order valence-electron chi connectivity index (χ1n) is 5.67. The second kappa shape index (κ2) is 7.74. The summed E-state index contributed by atoms with van der Waals surface area (Å²) in [6.07, 6.45) is 2.71. The smallest absolute Gasteiger partial charge is 0.223 e. The third kappa shape index (κ3) is 5.57. The Morgan fingerprint density at radius 1 is 1.47 bits per heavy atom. The Morgan fingerprint density at radius 2 is 2.24 bits per heavy atom. The van der Waals surface area contributed by atoms with E-state index in [1.54, 1.807) is 18.0 Å². The standard InChI is InChI=1S/C11H19ClN4S/c1-4-5-13-11-14-8-9(12)10(15-11)17-7-6-16(2)3/h8H,4-7H2,1-3H3,(H,13,14,15). The third-order valence-electron chi connectivity index (χ3n) is 2.02. The van der Waals surface area contributed by atoms with Crippen LogP contribution in [0, 0.1) is 0 Å². The lowest BCUT2D eigenvalue weighted by molar-refractivity contribution is 0.437. The predicted octanol–water partition coefficient (Wildman–Crippen LogP) is 2.61. The molecule has 0 aliphatic heterocycles. The molecule has 1 rings (SSSR count). The van der Waals surface area contributed by atoms with Gasteiger partial charge in [-0.3, -0.25) is 0 Å². The lowest BCUT2D eigenvalue weighted by Gasteiger charge is -2.10. The van der Waals surface area contributed by atoms with Crippen molar-refractivity contribution >= 4 is 29.3 Å². The fourth-order valence-electron chi connectivity index (χ4n) is 1.10. The molecule has 0 fully saturated rings. The Kier molecular flexibility index (Phi) is 6.62. The van der Waals surface area contributed by atoms with Crippen LogP contribution >= 0.6 is 23.4 Å². The van der Waals surface area contributed by atoms with Crippen molar-refractivity contribution < 1.29 is 0 Å². The summed E-state index contributed by atoms with van der Waals surface area (Å²) in [5.41, 5.74) is 0. The number of hydrogen-bond acceptors (Lipinski definition) is 5. The van der Waals surface area contributed by atoms with Crippen LogP contribution in [-0.2, 0) is 0 Å². The molecule has 0 unspecified atom stereocenters. The number of halogens is 1. The van der Waals surface area contributed by atoms with Crippen LogP contribution in [0.25, 0.3) is 0 Å². The molecule has 96 valence electrons. The van der Waals surface area contributed by atoms with E-state index in [-0.39, 0.29) is 0 Å². The van der Waals surface area contributed by atoms with Gasteiger partial charge in [0.2, 0.25) is 5.95 Å². The summed E-state index contributed by atoms with van der Waals surface area (Å²) in [7, 11) is 4.10. The summed E-state index contributed by atoms with van der Waals surface area (Å²) in [4.78, 5) is 10.7. The maximum absolute atomic E-state index is 6.06. The molecule has 0 saturated heterocycles. The molecular formula is C11H19ClN4S. The van der Waals surface area contributed by atoms with Crippen LogP contribution in [0.4, 0.5) is 5.95 Å². The van der Waals surface area contributed by atoms with Crippen molar-refractivity contribution in [2.75, 3.05) is 38.3 Å². The van der Waals surface area contributed by atoms with Gasteiger partial charge < -0.3 is 10.2 Å². The van der Waals surface area contributed by atoms with Crippen molar-refractivity contribution in [1.82, 2.24) is 14.9 Å². The molecule has 0 radical (unpaired) electrons. The first-order valence-corrected chi connectivity index (χ1v) is 7.03. The van der Waals surface area contributed by atoms with E-state index in [0.717, 1.165) is 30.3 Å². The summed E-state index contributed by atoms with van der Waals surface area (Å²) in [6.45, 7) is 3.99. The highest BCUT2D eigenvalue weighted by Gasteiger charge is 2.06. The second-order valence-corrected chi connectivity index (χ2v) is 5.42. The lowest BCUT2D eigenvalue weighted by atomic mass is 10.5. The summed E-state index contributed by atoms with van der Waals surface area (Å²) < 4.78 is 0. The molecule has 6 heteroatoms. The van der Waals surface area contributed by atoms with Gasteiger partial charge in [-0.05, 0) is 20.5 Å². The molecule has 1 heterocycles. The van der Waals surface area contributed by atoms with E-state index in [2.05, 4.69) is 41.2 Å². The minimum absolute atomic E-state index is 0.621. The Hall–Kier alpha value is -0.520. The molecule has 0 saturated carbocycles.